The summed E-state index contributed by atoms with van der Waals surface area (Å²) in [6.07, 6.45) is 0.889. The summed E-state index contributed by atoms with van der Waals surface area (Å²) in [6.45, 7) is 5.70. The zero-order chi connectivity index (χ0) is 14.5. The zero-order valence-corrected chi connectivity index (χ0v) is 13.1. The molecule has 5 heteroatoms. The molecular formula is C14H20BrF2NO. The number of hydrogen-bond donors (Lipinski definition) is 1. The summed E-state index contributed by atoms with van der Waals surface area (Å²) < 4.78 is 32.6. The molecule has 0 saturated heterocycles. The van der Waals surface area contributed by atoms with E-state index in [1.807, 2.05) is 0 Å². The van der Waals surface area contributed by atoms with Crippen LogP contribution < -0.4 is 5.32 Å². The van der Waals surface area contributed by atoms with Crippen LogP contribution in [0.4, 0.5) is 8.78 Å². The minimum Gasteiger partial charge on any atom is -0.385 e. The first-order valence-electron chi connectivity index (χ1n) is 6.19. The molecule has 2 nitrogen and oxygen atoms in total. The molecule has 1 N–H and O–H groups in total. The lowest BCUT2D eigenvalue weighted by Crippen LogP contribution is -2.30. The standard InChI is InChI=1S/C14H20BrF2NO/c1-14(2,6-7-19-3)9-18-8-10-12(16)5-4-11(15)13(10)17/h4-5,18H,6-9H2,1-3H3. The molecule has 0 amide bonds. The first-order valence-corrected chi connectivity index (χ1v) is 6.99. The Morgan fingerprint density at radius 1 is 1.32 bits per heavy atom. The maximum Gasteiger partial charge on any atom is 0.144 e. The van der Waals surface area contributed by atoms with Gasteiger partial charge in [-0.25, -0.2) is 8.78 Å². The van der Waals surface area contributed by atoms with E-state index in [0.717, 1.165) is 6.42 Å². The predicted octanol–water partition coefficient (Wildman–Crippen LogP) is 3.88. The van der Waals surface area contributed by atoms with Crippen LogP contribution in [0.25, 0.3) is 0 Å². The Kier molecular flexibility index (Phi) is 6.36. The highest BCUT2D eigenvalue weighted by molar-refractivity contribution is 9.10. The van der Waals surface area contributed by atoms with Gasteiger partial charge in [-0.2, -0.15) is 0 Å². The van der Waals surface area contributed by atoms with E-state index in [2.05, 4.69) is 35.1 Å². The van der Waals surface area contributed by atoms with Crippen molar-refractivity contribution < 1.29 is 13.5 Å². The van der Waals surface area contributed by atoms with Gasteiger partial charge in [0.05, 0.1) is 4.47 Å². The van der Waals surface area contributed by atoms with E-state index >= 15 is 0 Å². The molecule has 108 valence electrons. The third-order valence-corrected chi connectivity index (χ3v) is 3.64. The van der Waals surface area contributed by atoms with Gasteiger partial charge in [-0.1, -0.05) is 13.8 Å². The highest BCUT2D eigenvalue weighted by Gasteiger charge is 2.18. The van der Waals surface area contributed by atoms with Crippen molar-refractivity contribution in [2.75, 3.05) is 20.3 Å². The molecule has 0 radical (unpaired) electrons. The highest BCUT2D eigenvalue weighted by atomic mass is 79.9. The fourth-order valence-electron chi connectivity index (χ4n) is 1.72. The Balaban J connectivity index is 2.56. The Hall–Kier alpha value is -0.520. The molecule has 19 heavy (non-hydrogen) atoms. The maximum atomic E-state index is 13.7. The van der Waals surface area contributed by atoms with Gasteiger partial charge in [-0.3, -0.25) is 0 Å². The minimum absolute atomic E-state index is 0.0228. The smallest absolute Gasteiger partial charge is 0.144 e. The Morgan fingerprint density at radius 3 is 2.63 bits per heavy atom. The van der Waals surface area contributed by atoms with E-state index < -0.39 is 11.6 Å². The summed E-state index contributed by atoms with van der Waals surface area (Å²) in [5.74, 6) is -1.06. The summed E-state index contributed by atoms with van der Waals surface area (Å²) in [4.78, 5) is 0. The molecule has 0 aromatic heterocycles. The molecule has 1 aromatic rings. The molecule has 0 aliphatic carbocycles. The summed E-state index contributed by atoms with van der Waals surface area (Å²) in [5.41, 5.74) is 0.0894. The molecule has 0 heterocycles. The van der Waals surface area contributed by atoms with Crippen molar-refractivity contribution in [2.45, 2.75) is 26.8 Å². The monoisotopic (exact) mass is 335 g/mol. The lowest BCUT2D eigenvalue weighted by Gasteiger charge is -2.24. The molecule has 0 bridgehead atoms. The second kappa shape index (κ2) is 7.31. The van der Waals surface area contributed by atoms with Crippen LogP contribution in [0, 0.1) is 17.0 Å². The first-order chi connectivity index (χ1) is 8.87. The van der Waals surface area contributed by atoms with Gasteiger partial charge in [0.15, 0.2) is 0 Å². The average Bonchev–Trinajstić information content (AvgIpc) is 2.36. The molecule has 0 unspecified atom stereocenters. The van der Waals surface area contributed by atoms with Crippen LogP contribution in [0.5, 0.6) is 0 Å². The van der Waals surface area contributed by atoms with Crippen molar-refractivity contribution in [3.63, 3.8) is 0 Å². The van der Waals surface area contributed by atoms with E-state index in [4.69, 9.17) is 4.74 Å². The van der Waals surface area contributed by atoms with Gasteiger partial charge in [-0.05, 0) is 39.9 Å². The van der Waals surface area contributed by atoms with E-state index in [-0.39, 0.29) is 22.0 Å². The van der Waals surface area contributed by atoms with Gasteiger partial charge >= 0.3 is 0 Å². The van der Waals surface area contributed by atoms with Gasteiger partial charge < -0.3 is 10.1 Å². The highest BCUT2D eigenvalue weighted by Crippen LogP contribution is 2.22. The fourth-order valence-corrected chi connectivity index (χ4v) is 2.10. The molecule has 0 saturated carbocycles. The number of nitrogens with one attached hydrogen (secondary N) is 1. The Labute approximate surface area is 121 Å². The molecule has 1 rings (SSSR count). The zero-order valence-electron chi connectivity index (χ0n) is 11.5. The van der Waals surface area contributed by atoms with Gasteiger partial charge in [0.1, 0.15) is 11.6 Å². The lowest BCUT2D eigenvalue weighted by molar-refractivity contribution is 0.150. The van der Waals surface area contributed by atoms with Crippen molar-refractivity contribution >= 4 is 15.9 Å². The Morgan fingerprint density at radius 2 is 2.00 bits per heavy atom. The molecule has 0 atom stereocenters. The quantitative estimate of drug-likeness (QED) is 0.763. The van der Waals surface area contributed by atoms with Gasteiger partial charge in [0, 0.05) is 32.4 Å². The van der Waals surface area contributed by atoms with Crippen molar-refractivity contribution in [2.24, 2.45) is 5.41 Å². The largest absolute Gasteiger partial charge is 0.385 e. The predicted molar refractivity (Wildman–Crippen MR) is 76.0 cm³/mol. The van der Waals surface area contributed by atoms with E-state index in [9.17, 15) is 8.78 Å². The number of halogens is 3. The number of ether oxygens (including phenoxy) is 1. The van der Waals surface area contributed by atoms with Gasteiger partial charge in [-0.15, -0.1) is 0 Å². The lowest BCUT2D eigenvalue weighted by atomic mass is 9.89. The number of benzene rings is 1. The molecular weight excluding hydrogens is 316 g/mol. The molecule has 0 spiro atoms. The maximum absolute atomic E-state index is 13.7. The van der Waals surface area contributed by atoms with Gasteiger partial charge in [0.25, 0.3) is 0 Å². The average molecular weight is 336 g/mol. The second-order valence-electron chi connectivity index (χ2n) is 5.33. The van der Waals surface area contributed by atoms with Crippen LogP contribution in [-0.4, -0.2) is 20.3 Å². The normalized spacial score (nSPS) is 11.9. The summed E-state index contributed by atoms with van der Waals surface area (Å²) in [6, 6.07) is 2.64. The van der Waals surface area contributed by atoms with Crippen LogP contribution in [0.2, 0.25) is 0 Å². The minimum atomic E-state index is -0.540. The number of hydrogen-bond acceptors (Lipinski definition) is 2. The second-order valence-corrected chi connectivity index (χ2v) is 6.19. The van der Waals surface area contributed by atoms with Crippen molar-refractivity contribution in [3.8, 4) is 0 Å². The molecule has 0 aliphatic heterocycles. The summed E-state index contributed by atoms with van der Waals surface area (Å²) in [7, 11) is 1.66. The summed E-state index contributed by atoms with van der Waals surface area (Å²) >= 11 is 3.06. The molecule has 0 fully saturated rings. The third kappa shape index (κ3) is 5.16. The number of methoxy groups -OCH3 is 1. The topological polar surface area (TPSA) is 21.3 Å². The molecule has 1 aromatic carbocycles. The van der Waals surface area contributed by atoms with Crippen molar-refractivity contribution in [1.82, 2.24) is 5.32 Å². The van der Waals surface area contributed by atoms with Crippen molar-refractivity contribution in [1.29, 1.82) is 0 Å². The Bertz CT molecular complexity index is 424. The SMILES string of the molecule is COCCC(C)(C)CNCc1c(F)ccc(Br)c1F. The van der Waals surface area contributed by atoms with Crippen molar-refractivity contribution in [3.05, 3.63) is 33.8 Å². The van der Waals surface area contributed by atoms with E-state index in [1.165, 1.54) is 12.1 Å². The number of rotatable bonds is 7. The third-order valence-electron chi connectivity index (χ3n) is 3.03. The van der Waals surface area contributed by atoms with E-state index in [1.54, 1.807) is 7.11 Å². The van der Waals surface area contributed by atoms with Crippen LogP contribution in [-0.2, 0) is 11.3 Å². The van der Waals surface area contributed by atoms with Crippen LogP contribution in [0.3, 0.4) is 0 Å². The van der Waals surface area contributed by atoms with Gasteiger partial charge in [0.2, 0.25) is 0 Å². The van der Waals surface area contributed by atoms with Crippen LogP contribution in [0.1, 0.15) is 25.8 Å². The summed E-state index contributed by atoms with van der Waals surface area (Å²) in [5, 5.41) is 3.10. The molecule has 0 aliphatic rings. The first kappa shape index (κ1) is 16.5. The van der Waals surface area contributed by atoms with Crippen LogP contribution in [0.15, 0.2) is 16.6 Å². The van der Waals surface area contributed by atoms with Crippen LogP contribution >= 0.6 is 15.9 Å². The van der Waals surface area contributed by atoms with E-state index in [0.29, 0.717) is 13.2 Å². The fraction of sp³-hybridized carbons (Fsp3) is 0.571.